The van der Waals surface area contributed by atoms with E-state index in [1.807, 2.05) is 0 Å². The topological polar surface area (TPSA) is 172 Å². The van der Waals surface area contributed by atoms with E-state index in [2.05, 4.69) is 32.6 Å². The molecule has 5 N–H and O–H groups in total. The first-order valence-electron chi connectivity index (χ1n) is 17.0. The van der Waals surface area contributed by atoms with Crippen LogP contribution in [0.3, 0.4) is 0 Å². The van der Waals surface area contributed by atoms with Crippen LogP contribution in [0, 0.1) is 17.2 Å². The number of hydrogen-bond donors (Lipinski definition) is 5. The van der Waals surface area contributed by atoms with Crippen molar-refractivity contribution in [2.75, 3.05) is 11.9 Å². The molecule has 2 aromatic carbocycles. The zero-order valence-electron chi connectivity index (χ0n) is 28.6. The minimum Gasteiger partial charge on any atom is -0.446 e. The van der Waals surface area contributed by atoms with E-state index in [0.717, 1.165) is 31.2 Å². The molecule has 4 atom stereocenters. The second-order valence-corrected chi connectivity index (χ2v) is 16.4. The van der Waals surface area contributed by atoms with Crippen LogP contribution in [-0.2, 0) is 29.1 Å². The number of ether oxygens (including phenoxy) is 1. The largest absolute Gasteiger partial charge is 0.446 e. The number of nitrogens with one attached hydrogen (secondary N) is 5. The van der Waals surface area contributed by atoms with Crippen LogP contribution in [0.5, 0.6) is 0 Å². The van der Waals surface area contributed by atoms with E-state index in [0.29, 0.717) is 24.1 Å². The molecule has 0 heterocycles. The standard InChI is InChI=1S/C36H46FN5O7S/c1-5-24-20-36(24,33(45)42-50(47,48)28-17-18-28)41-31(43)29(21-38-26-15-13-22(14-16-26)23-9-8-10-25(37)19-23)39-32(44)30(35(2,3)4)40-34(46)49-27-11-6-7-12-27/h5,8-10,13-16,19,24,27-30,38H,1,6-7,11-12,17-18,20-21H2,2-4H3,(H,39,44)(H,40,46)(H,41,43)(H,42,45)/t24-,29+,30-,36-/m1/s1. The van der Waals surface area contributed by atoms with E-state index in [9.17, 15) is 32.0 Å². The Morgan fingerprint density at radius 1 is 0.980 bits per heavy atom. The summed E-state index contributed by atoms with van der Waals surface area (Å²) in [6.45, 7) is 8.88. The molecule has 3 aliphatic carbocycles. The summed E-state index contributed by atoms with van der Waals surface area (Å²) in [5.74, 6) is -3.16. The van der Waals surface area contributed by atoms with Crippen LogP contribution in [0.25, 0.3) is 11.1 Å². The van der Waals surface area contributed by atoms with Crippen molar-refractivity contribution in [2.24, 2.45) is 11.3 Å². The quantitative estimate of drug-likeness (QED) is 0.182. The lowest BCUT2D eigenvalue weighted by atomic mass is 9.86. The molecular formula is C36H46FN5O7S. The molecule has 0 saturated heterocycles. The van der Waals surface area contributed by atoms with Gasteiger partial charge in [-0.25, -0.2) is 17.6 Å². The van der Waals surface area contributed by atoms with Gasteiger partial charge in [0.2, 0.25) is 21.8 Å². The van der Waals surface area contributed by atoms with E-state index in [1.54, 1.807) is 57.2 Å². The molecule has 3 aliphatic rings. The molecule has 0 unspecified atom stereocenters. The zero-order chi connectivity index (χ0) is 36.3. The molecule has 270 valence electrons. The van der Waals surface area contributed by atoms with Crippen molar-refractivity contribution in [1.82, 2.24) is 20.7 Å². The highest BCUT2D eigenvalue weighted by Crippen LogP contribution is 2.45. The summed E-state index contributed by atoms with van der Waals surface area (Å²) in [6, 6.07) is 10.8. The Bertz CT molecular complexity index is 1720. The molecule has 0 radical (unpaired) electrons. The predicted molar refractivity (Wildman–Crippen MR) is 187 cm³/mol. The van der Waals surface area contributed by atoms with Crippen molar-refractivity contribution in [2.45, 2.75) is 94.7 Å². The maximum atomic E-state index is 14.0. The van der Waals surface area contributed by atoms with Crippen molar-refractivity contribution in [3.63, 3.8) is 0 Å². The van der Waals surface area contributed by atoms with Crippen LogP contribution in [0.1, 0.15) is 65.7 Å². The van der Waals surface area contributed by atoms with Crippen LogP contribution < -0.4 is 26.0 Å². The van der Waals surface area contributed by atoms with Gasteiger partial charge >= 0.3 is 6.09 Å². The number of carbonyl (C=O) groups is 4. The molecule has 14 heteroatoms. The number of hydrogen-bond acceptors (Lipinski definition) is 8. The first-order valence-corrected chi connectivity index (χ1v) is 18.5. The fourth-order valence-electron chi connectivity index (χ4n) is 6.14. The lowest BCUT2D eigenvalue weighted by Gasteiger charge is -2.32. The molecular weight excluding hydrogens is 665 g/mol. The van der Waals surface area contributed by atoms with Crippen molar-refractivity contribution in [3.05, 3.63) is 67.0 Å². The smallest absolute Gasteiger partial charge is 0.408 e. The minimum absolute atomic E-state index is 0.128. The van der Waals surface area contributed by atoms with E-state index >= 15 is 0 Å². The summed E-state index contributed by atoms with van der Waals surface area (Å²) < 4.78 is 46.6. The third kappa shape index (κ3) is 9.01. The molecule has 50 heavy (non-hydrogen) atoms. The van der Waals surface area contributed by atoms with Crippen LogP contribution in [0.2, 0.25) is 0 Å². The van der Waals surface area contributed by atoms with Crippen molar-refractivity contribution in [3.8, 4) is 11.1 Å². The number of sulfonamides is 1. The van der Waals surface area contributed by atoms with Crippen molar-refractivity contribution < 1.29 is 36.7 Å². The summed E-state index contributed by atoms with van der Waals surface area (Å²) in [6.07, 6.45) is 4.96. The van der Waals surface area contributed by atoms with Gasteiger partial charge in [0, 0.05) is 18.2 Å². The molecule has 5 rings (SSSR count). The number of carbonyl (C=O) groups excluding carboxylic acids is 4. The third-order valence-electron chi connectivity index (χ3n) is 9.40. The summed E-state index contributed by atoms with van der Waals surface area (Å²) in [5.41, 5.74) is -0.325. The van der Waals surface area contributed by atoms with E-state index in [4.69, 9.17) is 4.74 Å². The number of benzene rings is 2. The number of rotatable bonds is 14. The van der Waals surface area contributed by atoms with Gasteiger partial charge in [-0.2, -0.15) is 0 Å². The predicted octanol–water partition coefficient (Wildman–Crippen LogP) is 4.14. The maximum absolute atomic E-state index is 14.0. The highest BCUT2D eigenvalue weighted by molar-refractivity contribution is 7.91. The van der Waals surface area contributed by atoms with Crippen LogP contribution >= 0.6 is 0 Å². The van der Waals surface area contributed by atoms with Crippen LogP contribution in [0.4, 0.5) is 14.9 Å². The normalized spacial score (nSPS) is 21.6. The second kappa shape index (κ2) is 14.8. The summed E-state index contributed by atoms with van der Waals surface area (Å²) >= 11 is 0. The number of anilines is 1. The van der Waals surface area contributed by atoms with Crippen molar-refractivity contribution in [1.29, 1.82) is 0 Å². The Morgan fingerprint density at radius 3 is 2.24 bits per heavy atom. The molecule has 0 aliphatic heterocycles. The maximum Gasteiger partial charge on any atom is 0.408 e. The molecule has 0 bridgehead atoms. The van der Waals surface area contributed by atoms with Crippen molar-refractivity contribution >= 4 is 39.5 Å². The lowest BCUT2D eigenvalue weighted by Crippen LogP contribution is -2.62. The molecule has 0 aromatic heterocycles. The van der Waals surface area contributed by atoms with Gasteiger partial charge in [0.1, 0.15) is 29.5 Å². The van der Waals surface area contributed by atoms with E-state index < -0.39 is 68.0 Å². The Morgan fingerprint density at radius 2 is 1.66 bits per heavy atom. The highest BCUT2D eigenvalue weighted by atomic mass is 32.2. The lowest BCUT2D eigenvalue weighted by molar-refractivity contribution is -0.133. The number of alkyl carbamates (subject to hydrolysis) is 1. The zero-order valence-corrected chi connectivity index (χ0v) is 29.4. The summed E-state index contributed by atoms with van der Waals surface area (Å²) in [5, 5.41) is 10.6. The van der Waals surface area contributed by atoms with Gasteiger partial charge in [0.25, 0.3) is 5.91 Å². The van der Waals surface area contributed by atoms with E-state index in [1.165, 1.54) is 18.2 Å². The van der Waals surface area contributed by atoms with Gasteiger partial charge < -0.3 is 26.0 Å². The molecule has 12 nitrogen and oxygen atoms in total. The monoisotopic (exact) mass is 711 g/mol. The Labute approximate surface area is 292 Å². The van der Waals surface area contributed by atoms with Gasteiger partial charge in [0.05, 0.1) is 5.25 Å². The Hall–Kier alpha value is -4.46. The molecule has 4 amide bonds. The van der Waals surface area contributed by atoms with Crippen LogP contribution in [0.15, 0.2) is 61.2 Å². The van der Waals surface area contributed by atoms with Gasteiger partial charge in [0.15, 0.2) is 0 Å². The molecule has 3 saturated carbocycles. The van der Waals surface area contributed by atoms with E-state index in [-0.39, 0.29) is 24.9 Å². The summed E-state index contributed by atoms with van der Waals surface area (Å²) in [4.78, 5) is 53.9. The average molecular weight is 712 g/mol. The molecule has 0 spiro atoms. The SMILES string of the molecule is C=C[C@@H]1C[C@]1(NC(=O)[C@H](CNc1ccc(-c2cccc(F)c2)cc1)NC(=O)[C@@H](NC(=O)OC1CCCC1)C(C)(C)C)C(=O)NS(=O)(=O)C1CC1. The Balaban J connectivity index is 1.34. The first-order chi connectivity index (χ1) is 23.6. The minimum atomic E-state index is -3.90. The molecule has 3 fully saturated rings. The number of amides is 4. The second-order valence-electron chi connectivity index (χ2n) is 14.5. The van der Waals surface area contributed by atoms with Gasteiger partial charge in [-0.05, 0) is 85.8 Å². The first kappa shape index (κ1) is 36.8. The van der Waals surface area contributed by atoms with Gasteiger partial charge in [-0.1, -0.05) is 51.1 Å². The fourth-order valence-corrected chi connectivity index (χ4v) is 7.50. The Kier molecular flexibility index (Phi) is 10.9. The highest BCUT2D eigenvalue weighted by Gasteiger charge is 2.61. The third-order valence-corrected chi connectivity index (χ3v) is 11.2. The summed E-state index contributed by atoms with van der Waals surface area (Å²) in [7, 11) is -3.90. The van der Waals surface area contributed by atoms with Crippen LogP contribution in [-0.4, -0.2) is 67.8 Å². The van der Waals surface area contributed by atoms with Gasteiger partial charge in [-0.15, -0.1) is 6.58 Å². The number of halogens is 1. The fraction of sp³-hybridized carbons (Fsp3) is 0.500. The van der Waals surface area contributed by atoms with Gasteiger partial charge in [-0.3, -0.25) is 19.1 Å². The molecule has 2 aromatic rings. The average Bonchev–Trinajstić information content (AvgIpc) is 3.98.